The van der Waals surface area contributed by atoms with Crippen molar-refractivity contribution in [2.45, 2.75) is 26.2 Å². The highest BCUT2D eigenvalue weighted by Crippen LogP contribution is 2.39. The summed E-state index contributed by atoms with van der Waals surface area (Å²) >= 11 is 1.95. The van der Waals surface area contributed by atoms with Crippen LogP contribution in [0.5, 0.6) is 0 Å². The third-order valence-corrected chi connectivity index (χ3v) is 5.69. The van der Waals surface area contributed by atoms with Crippen molar-refractivity contribution in [2.75, 3.05) is 20.6 Å². The lowest BCUT2D eigenvalue weighted by molar-refractivity contribution is 0.414. The lowest BCUT2D eigenvalue weighted by Gasteiger charge is -2.17. The summed E-state index contributed by atoms with van der Waals surface area (Å²) in [5.74, 6) is 0.372. The molecule has 2 nitrogen and oxygen atoms in total. The second-order valence-corrected chi connectivity index (χ2v) is 7.52. The van der Waals surface area contributed by atoms with E-state index in [-0.39, 0.29) is 0 Å². The molecule has 0 aliphatic heterocycles. The van der Waals surface area contributed by atoms with Gasteiger partial charge in [-0.15, -0.1) is 11.3 Å². The first-order valence-electron chi connectivity index (χ1n) is 8.14. The van der Waals surface area contributed by atoms with Crippen LogP contribution in [0.15, 0.2) is 42.6 Å². The molecule has 1 atom stereocenters. The smallest absolute Gasteiger partial charge is 0.0410 e. The van der Waals surface area contributed by atoms with Crippen molar-refractivity contribution in [3.8, 4) is 0 Å². The summed E-state index contributed by atoms with van der Waals surface area (Å²) < 4.78 is 1.39. The maximum Gasteiger partial charge on any atom is 0.0410 e. The summed E-state index contributed by atoms with van der Waals surface area (Å²) in [7, 11) is 4.28. The van der Waals surface area contributed by atoms with E-state index in [1.165, 1.54) is 26.1 Å². The van der Waals surface area contributed by atoms with E-state index in [1.807, 2.05) is 23.6 Å². The van der Waals surface area contributed by atoms with Crippen LogP contribution >= 0.6 is 11.3 Å². The minimum atomic E-state index is 0.372. The largest absolute Gasteiger partial charge is 0.309 e. The molecule has 0 amide bonds. The minimum Gasteiger partial charge on any atom is -0.309 e. The predicted octanol–water partition coefficient (Wildman–Crippen LogP) is 4.86. The van der Waals surface area contributed by atoms with E-state index >= 15 is 0 Å². The Bertz CT molecular complexity index is 804. The molecular weight excluding hydrogens is 300 g/mol. The Kier molecular flexibility index (Phi) is 4.79. The average molecular weight is 324 g/mol. The maximum atomic E-state index is 4.49. The van der Waals surface area contributed by atoms with E-state index in [2.05, 4.69) is 68.2 Å². The highest BCUT2D eigenvalue weighted by Gasteiger charge is 2.20. The first-order chi connectivity index (χ1) is 11.1. The number of hydrogen-bond donors (Lipinski definition) is 0. The van der Waals surface area contributed by atoms with E-state index in [0.29, 0.717) is 5.92 Å². The van der Waals surface area contributed by atoms with Crippen molar-refractivity contribution < 1.29 is 0 Å². The summed E-state index contributed by atoms with van der Waals surface area (Å²) in [6.45, 7) is 5.51. The van der Waals surface area contributed by atoms with Gasteiger partial charge in [0.25, 0.3) is 0 Å². The SMILES string of the molecule is Cc1ncccc1[C@@H](C)c1c(CCN(C)C)sc2ccccc12. The molecule has 0 radical (unpaired) electrons. The van der Waals surface area contributed by atoms with Crippen LogP contribution in [0.4, 0.5) is 0 Å². The van der Waals surface area contributed by atoms with Gasteiger partial charge in [0.2, 0.25) is 0 Å². The topological polar surface area (TPSA) is 16.1 Å². The Morgan fingerprint density at radius 3 is 2.65 bits per heavy atom. The van der Waals surface area contributed by atoms with Gasteiger partial charge < -0.3 is 4.90 Å². The van der Waals surface area contributed by atoms with Crippen LogP contribution in [-0.2, 0) is 6.42 Å². The molecule has 0 bridgehead atoms. The molecule has 0 spiro atoms. The van der Waals surface area contributed by atoms with Crippen LogP contribution < -0.4 is 0 Å². The molecule has 1 aromatic carbocycles. The molecule has 23 heavy (non-hydrogen) atoms. The Labute approximate surface area is 142 Å². The highest BCUT2D eigenvalue weighted by molar-refractivity contribution is 7.19. The van der Waals surface area contributed by atoms with Gasteiger partial charge in [-0.1, -0.05) is 31.2 Å². The van der Waals surface area contributed by atoms with Crippen LogP contribution in [0.1, 0.15) is 34.5 Å². The molecule has 0 aliphatic carbocycles. The number of aryl methyl sites for hydroxylation is 1. The van der Waals surface area contributed by atoms with Crippen molar-refractivity contribution in [3.63, 3.8) is 0 Å². The summed E-state index contributed by atoms with van der Waals surface area (Å²) in [4.78, 5) is 8.26. The van der Waals surface area contributed by atoms with Crippen molar-refractivity contribution in [3.05, 3.63) is 64.3 Å². The van der Waals surface area contributed by atoms with Crippen molar-refractivity contribution >= 4 is 21.4 Å². The number of thiophene rings is 1. The monoisotopic (exact) mass is 324 g/mol. The van der Waals surface area contributed by atoms with Gasteiger partial charge in [0, 0.05) is 33.9 Å². The third kappa shape index (κ3) is 3.31. The fourth-order valence-electron chi connectivity index (χ4n) is 3.21. The number of aromatic nitrogens is 1. The van der Waals surface area contributed by atoms with E-state index in [1.54, 1.807) is 0 Å². The average Bonchev–Trinajstić information content (AvgIpc) is 2.91. The molecule has 3 rings (SSSR count). The van der Waals surface area contributed by atoms with Gasteiger partial charge >= 0.3 is 0 Å². The number of pyridine rings is 1. The van der Waals surface area contributed by atoms with E-state index in [9.17, 15) is 0 Å². The van der Waals surface area contributed by atoms with Crippen molar-refractivity contribution in [1.29, 1.82) is 0 Å². The fraction of sp³-hybridized carbons (Fsp3) is 0.350. The maximum absolute atomic E-state index is 4.49. The summed E-state index contributed by atoms with van der Waals surface area (Å²) in [5, 5.41) is 1.40. The van der Waals surface area contributed by atoms with Gasteiger partial charge in [-0.25, -0.2) is 0 Å². The molecule has 2 heterocycles. The second-order valence-electron chi connectivity index (χ2n) is 6.39. The number of fused-ring (bicyclic) bond motifs is 1. The summed E-state index contributed by atoms with van der Waals surface area (Å²) in [5.41, 5.74) is 3.96. The van der Waals surface area contributed by atoms with Crippen LogP contribution in [0.3, 0.4) is 0 Å². The third-order valence-electron chi connectivity index (χ3n) is 4.44. The minimum absolute atomic E-state index is 0.372. The summed E-state index contributed by atoms with van der Waals surface area (Å²) in [6, 6.07) is 13.1. The Morgan fingerprint density at radius 2 is 1.91 bits per heavy atom. The zero-order chi connectivity index (χ0) is 16.4. The van der Waals surface area contributed by atoms with Crippen molar-refractivity contribution in [1.82, 2.24) is 9.88 Å². The van der Waals surface area contributed by atoms with Gasteiger partial charge in [0.05, 0.1) is 0 Å². The molecule has 3 aromatic rings. The molecule has 0 aliphatic rings. The molecule has 0 N–H and O–H groups in total. The molecule has 2 aromatic heterocycles. The quantitative estimate of drug-likeness (QED) is 0.666. The van der Waals surface area contributed by atoms with Gasteiger partial charge in [0.15, 0.2) is 0 Å². The van der Waals surface area contributed by atoms with Gasteiger partial charge in [-0.2, -0.15) is 0 Å². The molecule has 0 saturated carbocycles. The van der Waals surface area contributed by atoms with E-state index in [4.69, 9.17) is 0 Å². The zero-order valence-electron chi connectivity index (χ0n) is 14.3. The molecule has 120 valence electrons. The van der Waals surface area contributed by atoms with Crippen molar-refractivity contribution in [2.24, 2.45) is 0 Å². The Balaban J connectivity index is 2.10. The predicted molar refractivity (Wildman–Crippen MR) is 101 cm³/mol. The first kappa shape index (κ1) is 16.2. The second kappa shape index (κ2) is 6.81. The normalized spacial score (nSPS) is 12.9. The van der Waals surface area contributed by atoms with Crippen LogP contribution in [-0.4, -0.2) is 30.5 Å². The van der Waals surface area contributed by atoms with Gasteiger partial charge in [-0.05, 0) is 56.1 Å². The zero-order valence-corrected chi connectivity index (χ0v) is 15.2. The van der Waals surface area contributed by atoms with Gasteiger partial charge in [0.1, 0.15) is 0 Å². The first-order valence-corrected chi connectivity index (χ1v) is 8.96. The van der Waals surface area contributed by atoms with Gasteiger partial charge in [-0.3, -0.25) is 4.98 Å². The molecule has 0 saturated heterocycles. The fourth-order valence-corrected chi connectivity index (χ4v) is 4.50. The Hall–Kier alpha value is -1.71. The molecule has 0 fully saturated rings. The van der Waals surface area contributed by atoms with Crippen LogP contribution in [0, 0.1) is 6.92 Å². The number of hydrogen-bond acceptors (Lipinski definition) is 3. The summed E-state index contributed by atoms with van der Waals surface area (Å²) in [6.07, 6.45) is 2.98. The van der Waals surface area contributed by atoms with Crippen LogP contribution in [0.25, 0.3) is 10.1 Å². The number of nitrogens with zero attached hydrogens (tertiary/aromatic N) is 2. The van der Waals surface area contributed by atoms with E-state index < -0.39 is 0 Å². The Morgan fingerprint density at radius 1 is 1.13 bits per heavy atom. The number of likely N-dealkylation sites (N-methyl/N-ethyl adjacent to an activating group) is 1. The molecule has 3 heteroatoms. The van der Waals surface area contributed by atoms with Crippen LogP contribution in [0.2, 0.25) is 0 Å². The lowest BCUT2D eigenvalue weighted by atomic mass is 9.89. The highest BCUT2D eigenvalue weighted by atomic mass is 32.1. The van der Waals surface area contributed by atoms with E-state index in [0.717, 1.165) is 18.7 Å². The number of rotatable bonds is 5. The molecule has 0 unspecified atom stereocenters. The standard InChI is InChI=1S/C20H24N2S/c1-14(16-9-7-12-21-15(16)2)20-17-8-5-6-10-18(17)23-19(20)11-13-22(3)4/h5-10,12,14H,11,13H2,1-4H3/t14-/m1/s1. The number of benzene rings is 1. The molecular formula is C20H24N2S. The lowest BCUT2D eigenvalue weighted by Crippen LogP contribution is -2.15.